The Morgan fingerprint density at radius 3 is 2.36 bits per heavy atom. The van der Waals surface area contributed by atoms with Gasteiger partial charge in [0.1, 0.15) is 5.75 Å². The van der Waals surface area contributed by atoms with Crippen molar-refractivity contribution in [2.24, 2.45) is 0 Å². The maximum absolute atomic E-state index is 13.4. The second-order valence-corrected chi connectivity index (χ2v) is 9.13. The molecule has 0 saturated carbocycles. The third-order valence-electron chi connectivity index (χ3n) is 6.43. The number of carbonyl (C=O) groups is 2. The second-order valence-electron chi connectivity index (χ2n) is 9.13. The van der Waals surface area contributed by atoms with Gasteiger partial charge in [0.2, 0.25) is 0 Å². The van der Waals surface area contributed by atoms with Crippen LogP contribution in [0.2, 0.25) is 0 Å². The molecule has 4 rings (SSSR count). The molecule has 0 spiro atoms. The van der Waals surface area contributed by atoms with Crippen molar-refractivity contribution in [2.75, 3.05) is 24.6 Å². The largest absolute Gasteiger partial charge is 0.484 e. The Kier molecular flexibility index (Phi) is 9.05. The Bertz CT molecular complexity index is 1140. The number of nitrogens with zero attached hydrogens (tertiary/aromatic N) is 3. The van der Waals surface area contributed by atoms with Crippen LogP contribution in [0.1, 0.15) is 53.6 Å². The van der Waals surface area contributed by atoms with Gasteiger partial charge in [-0.15, -0.1) is 0 Å². The molecule has 3 aromatic rings. The minimum atomic E-state index is -0.977. The summed E-state index contributed by atoms with van der Waals surface area (Å²) in [6.45, 7) is 2.65. The van der Waals surface area contributed by atoms with Gasteiger partial charge in [-0.05, 0) is 73.0 Å². The minimum Gasteiger partial charge on any atom is -0.484 e. The number of carboxylic acid groups (broad SMARTS) is 1. The van der Waals surface area contributed by atoms with Crippen LogP contribution in [-0.4, -0.2) is 46.6 Å². The molecule has 7 heteroatoms. The molecular weight excluding hydrogens is 454 g/mol. The molecule has 2 aromatic carbocycles. The average molecular weight is 488 g/mol. The number of carboxylic acids is 1. The van der Waals surface area contributed by atoms with Crippen LogP contribution in [0.25, 0.3) is 0 Å². The van der Waals surface area contributed by atoms with Gasteiger partial charge in [-0.1, -0.05) is 37.5 Å². The summed E-state index contributed by atoms with van der Waals surface area (Å²) < 4.78 is 5.77. The first-order valence-electron chi connectivity index (χ1n) is 12.6. The third kappa shape index (κ3) is 7.15. The smallest absolute Gasteiger partial charge is 0.335 e. The quantitative estimate of drug-likeness (QED) is 0.517. The summed E-state index contributed by atoms with van der Waals surface area (Å²) in [4.78, 5) is 33.4. The van der Waals surface area contributed by atoms with Gasteiger partial charge in [0.15, 0.2) is 6.61 Å². The van der Waals surface area contributed by atoms with Crippen molar-refractivity contribution in [2.45, 2.75) is 45.2 Å². The highest BCUT2D eigenvalue weighted by Crippen LogP contribution is 2.27. The SMILES string of the molecule is O=C(O)c1ccc2c(c1)CN(Cc1ccncc1)CCCCCCCN2C(=O)COc1ccccc1. The van der Waals surface area contributed by atoms with Crippen molar-refractivity contribution in [1.82, 2.24) is 9.88 Å². The maximum atomic E-state index is 13.4. The number of pyridine rings is 1. The van der Waals surface area contributed by atoms with Gasteiger partial charge in [0, 0.05) is 37.7 Å². The van der Waals surface area contributed by atoms with E-state index in [4.69, 9.17) is 4.74 Å². The third-order valence-corrected chi connectivity index (χ3v) is 6.43. The number of fused-ring (bicyclic) bond motifs is 1. The molecule has 1 N–H and O–H groups in total. The van der Waals surface area contributed by atoms with Gasteiger partial charge in [-0.3, -0.25) is 14.7 Å². The van der Waals surface area contributed by atoms with Gasteiger partial charge in [-0.25, -0.2) is 4.79 Å². The summed E-state index contributed by atoms with van der Waals surface area (Å²) in [6.07, 6.45) is 8.82. The molecule has 188 valence electrons. The van der Waals surface area contributed by atoms with Crippen LogP contribution in [0.15, 0.2) is 73.1 Å². The number of anilines is 1. The van der Waals surface area contributed by atoms with E-state index in [1.54, 1.807) is 35.5 Å². The summed E-state index contributed by atoms with van der Waals surface area (Å²) >= 11 is 0. The highest BCUT2D eigenvalue weighted by Gasteiger charge is 2.22. The van der Waals surface area contributed by atoms with Crippen LogP contribution in [0.5, 0.6) is 5.75 Å². The van der Waals surface area contributed by atoms with Crippen LogP contribution in [-0.2, 0) is 17.9 Å². The van der Waals surface area contributed by atoms with Gasteiger partial charge in [0.25, 0.3) is 5.91 Å². The molecule has 1 aliphatic heterocycles. The predicted molar refractivity (Wildman–Crippen MR) is 139 cm³/mol. The van der Waals surface area contributed by atoms with Gasteiger partial charge in [-0.2, -0.15) is 0 Å². The number of hydrogen-bond acceptors (Lipinski definition) is 5. The number of rotatable bonds is 6. The molecule has 0 saturated heterocycles. The monoisotopic (exact) mass is 487 g/mol. The van der Waals surface area contributed by atoms with E-state index < -0.39 is 5.97 Å². The molecular formula is C29H33N3O4. The lowest BCUT2D eigenvalue weighted by molar-refractivity contribution is -0.120. The van der Waals surface area contributed by atoms with Crippen LogP contribution in [0.4, 0.5) is 5.69 Å². The molecule has 0 fully saturated rings. The Morgan fingerprint density at radius 1 is 0.889 bits per heavy atom. The van der Waals surface area contributed by atoms with E-state index in [1.807, 2.05) is 42.5 Å². The molecule has 1 amide bonds. The molecule has 1 aliphatic rings. The summed E-state index contributed by atoms with van der Waals surface area (Å²) in [5, 5.41) is 9.66. The molecule has 7 nitrogen and oxygen atoms in total. The zero-order chi connectivity index (χ0) is 25.2. The number of carbonyl (C=O) groups excluding carboxylic acids is 1. The zero-order valence-electron chi connectivity index (χ0n) is 20.5. The van der Waals surface area contributed by atoms with Crippen molar-refractivity contribution in [3.05, 3.63) is 89.7 Å². The molecule has 0 unspecified atom stereocenters. The lowest BCUT2D eigenvalue weighted by Crippen LogP contribution is -2.37. The molecule has 0 bridgehead atoms. The summed E-state index contributed by atoms with van der Waals surface area (Å²) in [5.74, 6) is -0.471. The minimum absolute atomic E-state index is 0.0785. The van der Waals surface area contributed by atoms with E-state index >= 15 is 0 Å². The van der Waals surface area contributed by atoms with Crippen molar-refractivity contribution in [1.29, 1.82) is 0 Å². The number of hydrogen-bond donors (Lipinski definition) is 1. The number of benzene rings is 2. The van der Waals surface area contributed by atoms with Gasteiger partial charge < -0.3 is 14.7 Å². The van der Waals surface area contributed by atoms with E-state index in [1.165, 1.54) is 0 Å². The van der Waals surface area contributed by atoms with Crippen LogP contribution < -0.4 is 9.64 Å². The van der Waals surface area contributed by atoms with Crippen molar-refractivity contribution in [3.8, 4) is 5.75 Å². The fourth-order valence-corrected chi connectivity index (χ4v) is 4.56. The van der Waals surface area contributed by atoms with E-state index in [0.29, 0.717) is 18.8 Å². The Hall–Kier alpha value is -3.71. The number of amides is 1. The standard InChI is InChI=1S/C29H33N3O4/c33-28(22-36-26-9-5-4-6-10-26)32-18-8-3-1-2-7-17-31(20-23-13-15-30-16-14-23)21-25-19-24(29(34)35)11-12-27(25)32/h4-6,9-16,19H,1-3,7-8,17-18,20-22H2,(H,34,35). The Morgan fingerprint density at radius 2 is 1.61 bits per heavy atom. The Labute approximate surface area is 212 Å². The number of aromatic nitrogens is 1. The topological polar surface area (TPSA) is 83.0 Å². The number of ether oxygens (including phenoxy) is 1. The molecule has 2 heterocycles. The highest BCUT2D eigenvalue weighted by molar-refractivity contribution is 5.96. The van der Waals surface area contributed by atoms with E-state index in [9.17, 15) is 14.7 Å². The number of aromatic carboxylic acids is 1. The second kappa shape index (κ2) is 12.8. The molecule has 36 heavy (non-hydrogen) atoms. The molecule has 1 aromatic heterocycles. The lowest BCUT2D eigenvalue weighted by atomic mass is 10.0. The van der Waals surface area contributed by atoms with Crippen LogP contribution >= 0.6 is 0 Å². The first-order valence-corrected chi connectivity index (χ1v) is 12.6. The van der Waals surface area contributed by atoms with E-state index in [0.717, 1.165) is 62.0 Å². The molecule has 0 aliphatic carbocycles. The fourth-order valence-electron chi connectivity index (χ4n) is 4.56. The van der Waals surface area contributed by atoms with Gasteiger partial charge >= 0.3 is 5.97 Å². The first-order chi connectivity index (χ1) is 17.6. The lowest BCUT2D eigenvalue weighted by Gasteiger charge is -2.29. The maximum Gasteiger partial charge on any atom is 0.335 e. The van der Waals surface area contributed by atoms with E-state index in [-0.39, 0.29) is 18.1 Å². The molecule has 0 radical (unpaired) electrons. The van der Waals surface area contributed by atoms with E-state index in [2.05, 4.69) is 9.88 Å². The van der Waals surface area contributed by atoms with Crippen molar-refractivity contribution < 1.29 is 19.4 Å². The summed E-state index contributed by atoms with van der Waals surface area (Å²) in [6, 6.07) is 18.4. The summed E-state index contributed by atoms with van der Waals surface area (Å²) in [5.41, 5.74) is 2.95. The summed E-state index contributed by atoms with van der Waals surface area (Å²) in [7, 11) is 0. The van der Waals surface area contributed by atoms with Crippen LogP contribution in [0, 0.1) is 0 Å². The Balaban J connectivity index is 1.64. The average Bonchev–Trinajstić information content (AvgIpc) is 2.89. The van der Waals surface area contributed by atoms with Crippen LogP contribution in [0.3, 0.4) is 0 Å². The van der Waals surface area contributed by atoms with Crippen molar-refractivity contribution in [3.63, 3.8) is 0 Å². The van der Waals surface area contributed by atoms with Gasteiger partial charge in [0.05, 0.1) is 5.56 Å². The normalized spacial score (nSPS) is 15.3. The number of para-hydroxylation sites is 1. The van der Waals surface area contributed by atoms with Crippen molar-refractivity contribution >= 4 is 17.6 Å². The first kappa shape index (κ1) is 25.4. The highest BCUT2D eigenvalue weighted by atomic mass is 16.5. The fraction of sp³-hybridized carbons (Fsp3) is 0.345. The predicted octanol–water partition coefficient (Wildman–Crippen LogP) is 5.16. The zero-order valence-corrected chi connectivity index (χ0v) is 20.5. The molecule has 0 atom stereocenters.